The van der Waals surface area contributed by atoms with Gasteiger partial charge < -0.3 is 14.5 Å². The lowest BCUT2D eigenvalue weighted by molar-refractivity contribution is -0.116. The van der Waals surface area contributed by atoms with Crippen LogP contribution in [0, 0.1) is 0 Å². The van der Waals surface area contributed by atoms with Gasteiger partial charge in [0.05, 0.1) is 19.0 Å². The van der Waals surface area contributed by atoms with Gasteiger partial charge in [0.1, 0.15) is 0 Å². The summed E-state index contributed by atoms with van der Waals surface area (Å²) < 4.78 is 7.69. The summed E-state index contributed by atoms with van der Waals surface area (Å²) in [5.41, 5.74) is 2.31. The fraction of sp³-hybridized carbons (Fsp3) is 0.526. The van der Waals surface area contributed by atoms with Crippen molar-refractivity contribution in [2.75, 3.05) is 48.4 Å². The molecule has 0 radical (unpaired) electrons. The topological polar surface area (TPSA) is 63.5 Å². The average Bonchev–Trinajstić information content (AvgIpc) is 3.31. The molecule has 2 aliphatic heterocycles. The van der Waals surface area contributed by atoms with Crippen LogP contribution < -0.4 is 9.80 Å². The van der Waals surface area contributed by atoms with E-state index in [4.69, 9.17) is 4.74 Å². The molecule has 2 fully saturated rings. The predicted octanol–water partition coefficient (Wildman–Crippen LogP) is 2.13. The van der Waals surface area contributed by atoms with Crippen LogP contribution >= 0.6 is 11.8 Å². The molecule has 1 amide bonds. The van der Waals surface area contributed by atoms with Gasteiger partial charge in [0.2, 0.25) is 11.9 Å². The zero-order chi connectivity index (χ0) is 18.2. The second-order valence-electron chi connectivity index (χ2n) is 7.20. The molecule has 2 aromatic rings. The molecule has 0 atom stereocenters. The fourth-order valence-corrected chi connectivity index (χ4v) is 4.68. The highest BCUT2D eigenvalue weighted by Gasteiger charge is 2.33. The van der Waals surface area contributed by atoms with E-state index in [0.717, 1.165) is 68.9 Å². The molecule has 5 rings (SSSR count). The first-order valence-electron chi connectivity index (χ1n) is 9.60. The number of morpholine rings is 1. The van der Waals surface area contributed by atoms with E-state index in [1.807, 2.05) is 23.1 Å². The Labute approximate surface area is 162 Å². The minimum atomic E-state index is 0.142. The van der Waals surface area contributed by atoms with Crippen molar-refractivity contribution in [2.45, 2.75) is 30.5 Å². The van der Waals surface area contributed by atoms with Gasteiger partial charge in [0, 0.05) is 31.4 Å². The number of carbonyl (C=O) groups excluding carboxylic acids is 1. The van der Waals surface area contributed by atoms with E-state index in [0.29, 0.717) is 11.8 Å². The summed E-state index contributed by atoms with van der Waals surface area (Å²) in [7, 11) is 0. The van der Waals surface area contributed by atoms with E-state index in [1.54, 1.807) is 0 Å². The molecule has 1 aromatic heterocycles. The van der Waals surface area contributed by atoms with Crippen LogP contribution in [0.1, 0.15) is 24.4 Å². The van der Waals surface area contributed by atoms with Crippen molar-refractivity contribution >= 4 is 29.3 Å². The molecule has 3 heterocycles. The highest BCUT2D eigenvalue weighted by molar-refractivity contribution is 7.99. The Hall–Kier alpha value is -2.06. The first-order valence-corrected chi connectivity index (χ1v) is 10.6. The van der Waals surface area contributed by atoms with Gasteiger partial charge in [-0.25, -0.2) is 0 Å². The largest absolute Gasteiger partial charge is 0.378 e. The normalized spacial score (nSPS) is 19.4. The molecule has 7 nitrogen and oxygen atoms in total. The van der Waals surface area contributed by atoms with E-state index in [1.165, 1.54) is 17.3 Å². The number of rotatable bonds is 5. The van der Waals surface area contributed by atoms with E-state index >= 15 is 0 Å². The Bertz CT molecular complexity index is 844. The lowest BCUT2D eigenvalue weighted by atomic mass is 10.2. The van der Waals surface area contributed by atoms with Crippen molar-refractivity contribution in [2.24, 2.45) is 0 Å². The third kappa shape index (κ3) is 3.32. The fourth-order valence-electron chi connectivity index (χ4n) is 3.80. The Morgan fingerprint density at radius 2 is 1.96 bits per heavy atom. The molecule has 1 saturated carbocycles. The van der Waals surface area contributed by atoms with Crippen LogP contribution in [0.3, 0.4) is 0 Å². The van der Waals surface area contributed by atoms with Gasteiger partial charge in [-0.15, -0.1) is 10.2 Å². The SMILES string of the molecule is O=C(CSc1nnc(N2CCOCC2)n1C1CC1)N1CCc2ccccc21. The molecule has 1 saturated heterocycles. The monoisotopic (exact) mass is 385 g/mol. The molecular formula is C19H23N5O2S. The molecular weight excluding hydrogens is 362 g/mol. The van der Waals surface area contributed by atoms with Crippen LogP contribution in [0.5, 0.6) is 0 Å². The van der Waals surface area contributed by atoms with E-state index in [-0.39, 0.29) is 5.91 Å². The molecule has 0 spiro atoms. The maximum Gasteiger partial charge on any atom is 0.237 e. The highest BCUT2D eigenvalue weighted by atomic mass is 32.2. The van der Waals surface area contributed by atoms with E-state index < -0.39 is 0 Å². The summed E-state index contributed by atoms with van der Waals surface area (Å²) in [6, 6.07) is 8.65. The smallest absolute Gasteiger partial charge is 0.237 e. The second-order valence-corrected chi connectivity index (χ2v) is 8.14. The summed E-state index contributed by atoms with van der Waals surface area (Å²) >= 11 is 1.51. The molecule has 3 aliphatic rings. The number of nitrogens with zero attached hydrogens (tertiary/aromatic N) is 5. The van der Waals surface area contributed by atoms with E-state index in [2.05, 4.69) is 25.7 Å². The Balaban J connectivity index is 1.30. The van der Waals surface area contributed by atoms with Gasteiger partial charge in [0.25, 0.3) is 0 Å². The third-order valence-corrected chi connectivity index (χ3v) is 6.29. The Kier molecular flexibility index (Phi) is 4.53. The van der Waals surface area contributed by atoms with Crippen molar-refractivity contribution in [1.29, 1.82) is 0 Å². The number of ether oxygens (including phenoxy) is 1. The minimum absolute atomic E-state index is 0.142. The van der Waals surface area contributed by atoms with Crippen molar-refractivity contribution in [1.82, 2.24) is 14.8 Å². The number of carbonyl (C=O) groups is 1. The summed E-state index contributed by atoms with van der Waals surface area (Å²) in [5.74, 6) is 1.47. The van der Waals surface area contributed by atoms with Crippen LogP contribution in [0.2, 0.25) is 0 Å². The molecule has 142 valence electrons. The molecule has 27 heavy (non-hydrogen) atoms. The second kappa shape index (κ2) is 7.16. The van der Waals surface area contributed by atoms with Gasteiger partial charge in [-0.2, -0.15) is 0 Å². The third-order valence-electron chi connectivity index (χ3n) is 5.37. The lowest BCUT2D eigenvalue weighted by Crippen LogP contribution is -2.38. The number of aromatic nitrogens is 3. The number of benzene rings is 1. The average molecular weight is 385 g/mol. The van der Waals surface area contributed by atoms with Crippen LogP contribution in [0.4, 0.5) is 11.6 Å². The summed E-state index contributed by atoms with van der Waals surface area (Å²) in [6.07, 6.45) is 3.26. The first kappa shape index (κ1) is 17.1. The standard InChI is InChI=1S/C19H23N5O2S/c25-17(23-8-7-14-3-1-2-4-16(14)23)13-27-19-21-20-18(24(19)15-5-6-15)22-9-11-26-12-10-22/h1-4,15H,5-13H2. The number of hydrogen-bond acceptors (Lipinski definition) is 6. The number of para-hydroxylation sites is 1. The highest BCUT2D eigenvalue weighted by Crippen LogP contribution is 2.41. The molecule has 0 N–H and O–H groups in total. The molecule has 8 heteroatoms. The number of hydrogen-bond donors (Lipinski definition) is 0. The maximum atomic E-state index is 12.8. The number of fused-ring (bicyclic) bond motifs is 1. The van der Waals surface area contributed by atoms with Gasteiger partial charge in [-0.05, 0) is 30.9 Å². The number of thioether (sulfide) groups is 1. The van der Waals surface area contributed by atoms with E-state index in [9.17, 15) is 4.79 Å². The summed E-state index contributed by atoms with van der Waals surface area (Å²) in [5, 5.41) is 9.73. The van der Waals surface area contributed by atoms with Crippen LogP contribution in [0.15, 0.2) is 29.4 Å². The van der Waals surface area contributed by atoms with Crippen LogP contribution in [-0.4, -0.2) is 59.3 Å². The van der Waals surface area contributed by atoms with Crippen LogP contribution in [0.25, 0.3) is 0 Å². The zero-order valence-corrected chi connectivity index (χ0v) is 16.0. The van der Waals surface area contributed by atoms with Crippen molar-refractivity contribution in [3.05, 3.63) is 29.8 Å². The van der Waals surface area contributed by atoms with Crippen molar-refractivity contribution in [3.8, 4) is 0 Å². The van der Waals surface area contributed by atoms with Crippen molar-refractivity contribution < 1.29 is 9.53 Å². The molecule has 1 aromatic carbocycles. The van der Waals surface area contributed by atoms with Gasteiger partial charge in [0.15, 0.2) is 5.16 Å². The Morgan fingerprint density at radius 3 is 2.78 bits per heavy atom. The van der Waals surface area contributed by atoms with Gasteiger partial charge in [-0.3, -0.25) is 9.36 Å². The Morgan fingerprint density at radius 1 is 1.15 bits per heavy atom. The minimum Gasteiger partial charge on any atom is -0.378 e. The molecule has 0 bridgehead atoms. The van der Waals surface area contributed by atoms with Crippen LogP contribution in [-0.2, 0) is 16.0 Å². The quantitative estimate of drug-likeness (QED) is 0.735. The zero-order valence-electron chi connectivity index (χ0n) is 15.2. The molecule has 1 aliphatic carbocycles. The number of amides is 1. The maximum absolute atomic E-state index is 12.8. The van der Waals surface area contributed by atoms with Gasteiger partial charge in [-0.1, -0.05) is 30.0 Å². The lowest BCUT2D eigenvalue weighted by Gasteiger charge is -2.28. The summed E-state index contributed by atoms with van der Waals surface area (Å²) in [4.78, 5) is 17.0. The summed E-state index contributed by atoms with van der Waals surface area (Å²) in [6.45, 7) is 3.92. The molecule has 0 unspecified atom stereocenters. The van der Waals surface area contributed by atoms with Crippen molar-refractivity contribution in [3.63, 3.8) is 0 Å². The first-order chi connectivity index (χ1) is 13.3. The van der Waals surface area contributed by atoms with Gasteiger partial charge >= 0.3 is 0 Å². The predicted molar refractivity (Wildman–Crippen MR) is 105 cm³/mol. The number of anilines is 2.